The number of phenols is 1. The second-order valence-electron chi connectivity index (χ2n) is 12.2. The van der Waals surface area contributed by atoms with Gasteiger partial charge in [-0.05, 0) is 61.4 Å². The number of nitrogens with zero attached hydrogens (tertiary/aromatic N) is 3. The zero-order valence-corrected chi connectivity index (χ0v) is 26.5. The number of hydrogen-bond acceptors (Lipinski definition) is 9. The van der Waals surface area contributed by atoms with Crippen molar-refractivity contribution in [1.29, 1.82) is 0 Å². The van der Waals surface area contributed by atoms with Crippen LogP contribution in [0.1, 0.15) is 79.2 Å². The fourth-order valence-corrected chi connectivity index (χ4v) is 7.14. The molecule has 2 aliphatic heterocycles. The number of anilines is 5. The molecule has 5 aromatic carbocycles. The predicted molar refractivity (Wildman–Crippen MR) is 183 cm³/mol. The highest BCUT2D eigenvalue weighted by molar-refractivity contribution is 6.12. The number of aromatic hydroxyl groups is 1. The molecule has 0 unspecified atom stereocenters. The van der Waals surface area contributed by atoms with Crippen molar-refractivity contribution in [3.05, 3.63) is 118 Å². The topological polar surface area (TPSA) is 162 Å². The van der Waals surface area contributed by atoms with Crippen molar-refractivity contribution in [2.75, 3.05) is 10.2 Å². The first kappa shape index (κ1) is 29.9. The number of aromatic nitrogens is 2. The predicted octanol–water partition coefficient (Wildman–Crippen LogP) is 8.10. The fourth-order valence-electron chi connectivity index (χ4n) is 7.14. The van der Waals surface area contributed by atoms with E-state index in [4.69, 9.17) is 14.7 Å². The van der Waals surface area contributed by atoms with Gasteiger partial charge in [-0.3, -0.25) is 0 Å². The molecule has 4 N–H and O–H groups in total. The summed E-state index contributed by atoms with van der Waals surface area (Å²) < 4.78 is 5.85. The van der Waals surface area contributed by atoms with Crippen LogP contribution in [0.3, 0.4) is 0 Å². The van der Waals surface area contributed by atoms with Gasteiger partial charge in [-0.2, -0.15) is 0 Å². The normalized spacial score (nSPS) is 14.8. The highest BCUT2D eigenvalue weighted by Crippen LogP contribution is 2.58. The van der Waals surface area contributed by atoms with Crippen molar-refractivity contribution < 1.29 is 34.4 Å². The van der Waals surface area contributed by atoms with Crippen LogP contribution in [-0.4, -0.2) is 43.2 Å². The zero-order valence-electron chi connectivity index (χ0n) is 26.5. The van der Waals surface area contributed by atoms with E-state index in [0.717, 1.165) is 16.8 Å². The molecule has 8 rings (SSSR count). The van der Waals surface area contributed by atoms with Gasteiger partial charge in [0.15, 0.2) is 0 Å². The lowest BCUT2D eigenvalue weighted by molar-refractivity contribution is 0.0335. The molecule has 1 aromatic heterocycles. The smallest absolute Gasteiger partial charge is 0.342 e. The summed E-state index contributed by atoms with van der Waals surface area (Å²) in [6, 6.07) is 22.3. The maximum atomic E-state index is 13.2. The van der Waals surface area contributed by atoms with Crippen LogP contribution >= 0.6 is 0 Å². The highest BCUT2D eigenvalue weighted by Gasteiger charge is 2.39. The number of carboxylic acid groups (broad SMARTS) is 2. The molecular weight excluding hydrogens is 624 g/mol. The lowest BCUT2D eigenvalue weighted by Gasteiger charge is -2.42. The van der Waals surface area contributed by atoms with Crippen molar-refractivity contribution in [2.45, 2.75) is 32.8 Å². The molecule has 49 heavy (non-hydrogen) atoms. The first-order chi connectivity index (χ1) is 23.5. The molecule has 0 aliphatic carbocycles. The van der Waals surface area contributed by atoms with Crippen molar-refractivity contribution in [3.63, 3.8) is 0 Å². The molecule has 11 heteroatoms. The number of ether oxygens (including phenoxy) is 1. The Bertz CT molecular complexity index is 2440. The van der Waals surface area contributed by atoms with Gasteiger partial charge >= 0.3 is 17.9 Å². The number of fused-ring (bicyclic) bond motifs is 7. The van der Waals surface area contributed by atoms with Crippen molar-refractivity contribution >= 4 is 68.4 Å². The minimum Gasteiger partial charge on any atom is -0.507 e. The van der Waals surface area contributed by atoms with Gasteiger partial charge in [0.1, 0.15) is 22.9 Å². The van der Waals surface area contributed by atoms with Crippen molar-refractivity contribution in [3.8, 4) is 5.75 Å². The number of rotatable bonds is 5. The molecule has 6 aromatic rings. The molecule has 2 aliphatic rings. The number of aryl methyl sites for hydroxylation is 1. The largest absolute Gasteiger partial charge is 0.507 e. The number of phenolic OH excluding ortho intramolecular Hbond substituents is 1. The molecule has 0 amide bonds. The van der Waals surface area contributed by atoms with Gasteiger partial charge in [0.2, 0.25) is 0 Å². The van der Waals surface area contributed by atoms with Crippen LogP contribution < -0.4 is 10.2 Å². The van der Waals surface area contributed by atoms with Crippen LogP contribution in [0.5, 0.6) is 5.75 Å². The Kier molecular flexibility index (Phi) is 6.57. The molecular formula is C38H28N4O7. The number of esters is 1. The summed E-state index contributed by atoms with van der Waals surface area (Å²) >= 11 is 0. The van der Waals surface area contributed by atoms with E-state index in [2.05, 4.69) is 5.32 Å². The first-order valence-electron chi connectivity index (χ1n) is 15.6. The summed E-state index contributed by atoms with van der Waals surface area (Å²) in [5.74, 6) is -3.44. The summed E-state index contributed by atoms with van der Waals surface area (Å²) in [5, 5.41) is 34.2. The third kappa shape index (κ3) is 4.39. The second-order valence-corrected chi connectivity index (χ2v) is 12.2. The maximum Gasteiger partial charge on any atom is 0.342 e. The van der Waals surface area contributed by atoms with E-state index in [-0.39, 0.29) is 33.9 Å². The minimum absolute atomic E-state index is 0.0642. The Balaban J connectivity index is 1.37. The lowest BCUT2D eigenvalue weighted by Crippen LogP contribution is -2.27. The van der Waals surface area contributed by atoms with Gasteiger partial charge < -0.3 is 30.3 Å². The van der Waals surface area contributed by atoms with Crippen LogP contribution in [-0.2, 0) is 4.74 Å². The van der Waals surface area contributed by atoms with Gasteiger partial charge in [-0.25, -0.2) is 24.4 Å². The quantitative estimate of drug-likeness (QED) is 0.105. The van der Waals surface area contributed by atoms with Crippen LogP contribution in [0.15, 0.2) is 78.9 Å². The number of carbonyl (C=O) groups is 3. The Morgan fingerprint density at radius 3 is 2.35 bits per heavy atom. The summed E-state index contributed by atoms with van der Waals surface area (Å²) in [4.78, 5) is 50.2. The number of benzene rings is 5. The molecule has 0 spiro atoms. The van der Waals surface area contributed by atoms with E-state index in [9.17, 15) is 29.7 Å². The van der Waals surface area contributed by atoms with Crippen molar-refractivity contribution in [1.82, 2.24) is 9.97 Å². The maximum absolute atomic E-state index is 13.2. The first-order valence-corrected chi connectivity index (χ1v) is 15.6. The molecule has 0 radical (unpaired) electrons. The zero-order chi connectivity index (χ0) is 34.3. The van der Waals surface area contributed by atoms with E-state index in [1.165, 1.54) is 12.1 Å². The number of hydrogen-bond donors (Lipinski definition) is 4. The molecule has 0 bridgehead atoms. The van der Waals surface area contributed by atoms with Crippen LogP contribution in [0.4, 0.5) is 28.4 Å². The lowest BCUT2D eigenvalue weighted by atomic mass is 9.82. The standard InChI is InChI=1S/C38H28N4O7/c1-17-8-4-15-28(43)29(17)38(48)49-19(3)21-10-6-12-24-31(21)41-34-30-18(2)20-9-5-13-25-35(20)42(27(30)16-23(37(46)47)33(34)39-24)26-14-7-11-22(36(44)45)32(26)40-25/h4-16,18-19,40,43H,1-3H3,(H,44,45)(H,46,47)/t18-,19+/m1/s1. The van der Waals surface area contributed by atoms with Crippen LogP contribution in [0.2, 0.25) is 0 Å². The summed E-state index contributed by atoms with van der Waals surface area (Å²) in [6.45, 7) is 5.43. The van der Waals surface area contributed by atoms with Gasteiger partial charge in [0.25, 0.3) is 0 Å². The number of carbonyl (C=O) groups excluding carboxylic acids is 1. The number of carboxylic acids is 2. The summed E-state index contributed by atoms with van der Waals surface area (Å²) in [5.41, 5.74) is 7.23. The highest BCUT2D eigenvalue weighted by atomic mass is 16.5. The van der Waals surface area contributed by atoms with Gasteiger partial charge in [-0.1, -0.05) is 49.4 Å². The minimum atomic E-state index is -1.20. The number of aromatic carboxylic acids is 2. The van der Waals surface area contributed by atoms with Gasteiger partial charge in [0, 0.05) is 17.0 Å². The number of nitrogens with one attached hydrogen (secondary N) is 1. The Hall–Kier alpha value is -6.49. The molecule has 0 fully saturated rings. The Labute approximate surface area is 279 Å². The third-order valence-corrected chi connectivity index (χ3v) is 9.41. The third-order valence-electron chi connectivity index (χ3n) is 9.41. The SMILES string of the molecule is Cc1cccc(O)c1C(=O)O[C@@H](C)c1cccc2nc3c(C(=O)O)cc4c(c3nc12)[C@H](C)c1cccc2c1N4c1cccc(C(=O)O)c1N2. The molecule has 2 atom stereocenters. The van der Waals surface area contributed by atoms with E-state index in [1.54, 1.807) is 62.4 Å². The molecule has 3 heterocycles. The monoisotopic (exact) mass is 652 g/mol. The summed E-state index contributed by atoms with van der Waals surface area (Å²) in [6.07, 6.45) is -0.810. The van der Waals surface area contributed by atoms with E-state index in [1.807, 2.05) is 30.0 Å². The Morgan fingerprint density at radius 1 is 0.857 bits per heavy atom. The van der Waals surface area contributed by atoms with Crippen LogP contribution in [0.25, 0.3) is 22.1 Å². The van der Waals surface area contributed by atoms with E-state index < -0.39 is 24.0 Å². The second kappa shape index (κ2) is 10.8. The van der Waals surface area contributed by atoms with E-state index >= 15 is 0 Å². The number of para-hydroxylation sites is 3. The van der Waals surface area contributed by atoms with Gasteiger partial charge in [0.05, 0.1) is 56.1 Å². The molecule has 0 saturated carbocycles. The summed E-state index contributed by atoms with van der Waals surface area (Å²) in [7, 11) is 0. The van der Waals surface area contributed by atoms with Gasteiger partial charge in [-0.15, -0.1) is 0 Å². The fraction of sp³-hybridized carbons (Fsp3) is 0.132. The van der Waals surface area contributed by atoms with E-state index in [0.29, 0.717) is 50.4 Å². The average molecular weight is 653 g/mol. The molecule has 0 saturated heterocycles. The average Bonchev–Trinajstić information content (AvgIpc) is 3.07. The van der Waals surface area contributed by atoms with Crippen molar-refractivity contribution in [2.24, 2.45) is 0 Å². The molecule has 11 nitrogen and oxygen atoms in total. The van der Waals surface area contributed by atoms with Crippen LogP contribution in [0, 0.1) is 6.92 Å². The Morgan fingerprint density at radius 2 is 1.59 bits per heavy atom. The molecule has 242 valence electrons.